The Morgan fingerprint density at radius 2 is 2.11 bits per heavy atom. The molecular formula is C15H23ClN2. The number of nitrogens with one attached hydrogen (secondary N) is 1. The van der Waals surface area contributed by atoms with E-state index in [4.69, 9.17) is 11.6 Å². The summed E-state index contributed by atoms with van der Waals surface area (Å²) in [5, 5.41) is 4.02. The number of anilines is 1. The molecule has 0 unspecified atom stereocenters. The minimum atomic E-state index is 0.498. The van der Waals surface area contributed by atoms with Crippen LogP contribution in [0.1, 0.15) is 32.3 Å². The fourth-order valence-electron chi connectivity index (χ4n) is 2.26. The fraction of sp³-hybridized carbons (Fsp3) is 0.600. The molecule has 100 valence electrons. The van der Waals surface area contributed by atoms with Gasteiger partial charge in [-0.25, -0.2) is 0 Å². The second-order valence-electron chi connectivity index (χ2n) is 5.51. The first-order chi connectivity index (χ1) is 8.61. The van der Waals surface area contributed by atoms with Crippen LogP contribution >= 0.6 is 11.6 Å². The maximum absolute atomic E-state index is 6.44. The zero-order chi connectivity index (χ0) is 13.1. The smallest absolute Gasteiger partial charge is 0.0642 e. The molecule has 1 saturated carbocycles. The van der Waals surface area contributed by atoms with Crippen LogP contribution in [-0.4, -0.2) is 19.6 Å². The lowest BCUT2D eigenvalue weighted by Gasteiger charge is -2.30. The average Bonchev–Trinajstić information content (AvgIpc) is 3.11. The molecule has 0 saturated heterocycles. The first-order valence-corrected chi connectivity index (χ1v) is 7.19. The molecule has 0 bridgehead atoms. The van der Waals surface area contributed by atoms with Crippen LogP contribution < -0.4 is 10.2 Å². The molecule has 18 heavy (non-hydrogen) atoms. The molecule has 0 radical (unpaired) electrons. The third-order valence-electron chi connectivity index (χ3n) is 3.48. The van der Waals surface area contributed by atoms with E-state index in [2.05, 4.69) is 42.3 Å². The zero-order valence-corrected chi connectivity index (χ0v) is 12.3. The summed E-state index contributed by atoms with van der Waals surface area (Å²) in [4.78, 5) is 2.43. The van der Waals surface area contributed by atoms with Crippen LogP contribution in [0.25, 0.3) is 0 Å². The second kappa shape index (κ2) is 5.94. The lowest BCUT2D eigenvalue weighted by Crippen LogP contribution is -2.33. The first kappa shape index (κ1) is 13.7. The Morgan fingerprint density at radius 3 is 2.61 bits per heavy atom. The lowest BCUT2D eigenvalue weighted by atomic mass is 10.1. The summed E-state index contributed by atoms with van der Waals surface area (Å²) in [5.41, 5.74) is 2.42. The Labute approximate surface area is 115 Å². The van der Waals surface area contributed by atoms with Gasteiger partial charge in [0.1, 0.15) is 0 Å². The molecule has 3 heteroatoms. The van der Waals surface area contributed by atoms with E-state index in [1.54, 1.807) is 0 Å². The van der Waals surface area contributed by atoms with Crippen molar-refractivity contribution in [3.8, 4) is 0 Å². The van der Waals surface area contributed by atoms with Crippen LogP contribution in [0, 0.1) is 5.92 Å². The van der Waals surface area contributed by atoms with Crippen molar-refractivity contribution in [2.75, 3.05) is 18.5 Å². The summed E-state index contributed by atoms with van der Waals surface area (Å²) < 4.78 is 0. The quantitative estimate of drug-likeness (QED) is 0.845. The normalized spacial score (nSPS) is 15.2. The van der Waals surface area contributed by atoms with E-state index < -0.39 is 0 Å². The van der Waals surface area contributed by atoms with Gasteiger partial charge in [-0.15, -0.1) is 0 Å². The average molecular weight is 267 g/mol. The number of rotatable bonds is 6. The molecule has 1 N–H and O–H groups in total. The van der Waals surface area contributed by atoms with Gasteiger partial charge in [0.2, 0.25) is 0 Å². The SMILES string of the molecule is CNCc1ccc(N(CC2CC2)C(C)C)c(Cl)c1. The second-order valence-corrected chi connectivity index (χ2v) is 5.91. The molecule has 1 fully saturated rings. The molecule has 1 aromatic rings. The van der Waals surface area contributed by atoms with E-state index in [1.165, 1.54) is 24.1 Å². The minimum absolute atomic E-state index is 0.498. The number of nitrogens with zero attached hydrogens (tertiary/aromatic N) is 1. The molecule has 1 aliphatic carbocycles. The maximum atomic E-state index is 6.44. The third-order valence-corrected chi connectivity index (χ3v) is 3.78. The van der Waals surface area contributed by atoms with Gasteiger partial charge in [0.25, 0.3) is 0 Å². The maximum Gasteiger partial charge on any atom is 0.0642 e. The molecule has 0 spiro atoms. The van der Waals surface area contributed by atoms with Crippen molar-refractivity contribution < 1.29 is 0 Å². The van der Waals surface area contributed by atoms with E-state index in [0.717, 1.165) is 24.0 Å². The van der Waals surface area contributed by atoms with Crippen LogP contribution in [0.5, 0.6) is 0 Å². The van der Waals surface area contributed by atoms with Crippen LogP contribution in [0.2, 0.25) is 5.02 Å². The van der Waals surface area contributed by atoms with E-state index in [-0.39, 0.29) is 0 Å². The highest BCUT2D eigenvalue weighted by atomic mass is 35.5. The van der Waals surface area contributed by atoms with Crippen LogP contribution in [0.4, 0.5) is 5.69 Å². The van der Waals surface area contributed by atoms with Gasteiger partial charge in [-0.1, -0.05) is 17.7 Å². The summed E-state index contributed by atoms with van der Waals surface area (Å²) in [7, 11) is 1.95. The fourth-order valence-corrected chi connectivity index (χ4v) is 2.58. The molecule has 0 aliphatic heterocycles. The van der Waals surface area contributed by atoms with Crippen molar-refractivity contribution in [1.29, 1.82) is 0 Å². The topological polar surface area (TPSA) is 15.3 Å². The molecule has 2 rings (SSSR count). The van der Waals surface area contributed by atoms with E-state index in [1.807, 2.05) is 7.05 Å². The number of benzene rings is 1. The number of hydrogen-bond acceptors (Lipinski definition) is 2. The van der Waals surface area contributed by atoms with Crippen molar-refractivity contribution in [1.82, 2.24) is 5.32 Å². The van der Waals surface area contributed by atoms with Gasteiger partial charge < -0.3 is 10.2 Å². The van der Waals surface area contributed by atoms with Crippen molar-refractivity contribution in [3.63, 3.8) is 0 Å². The molecule has 2 nitrogen and oxygen atoms in total. The van der Waals surface area contributed by atoms with Crippen LogP contribution in [0.15, 0.2) is 18.2 Å². The molecule has 1 aliphatic rings. The summed E-state index contributed by atoms with van der Waals surface area (Å²) in [6.45, 7) is 6.48. The molecule has 0 heterocycles. The Hall–Kier alpha value is -0.730. The van der Waals surface area contributed by atoms with Gasteiger partial charge in [0.15, 0.2) is 0 Å². The Balaban J connectivity index is 2.17. The standard InChI is InChI=1S/C15H23ClN2/c1-11(2)18(10-12-4-5-12)15-7-6-13(9-17-3)8-14(15)16/h6-8,11-12,17H,4-5,9-10H2,1-3H3. The first-order valence-electron chi connectivity index (χ1n) is 6.81. The number of hydrogen-bond donors (Lipinski definition) is 1. The Bertz CT molecular complexity index is 399. The van der Waals surface area contributed by atoms with Gasteiger partial charge in [0, 0.05) is 19.1 Å². The molecule has 0 aromatic heterocycles. The lowest BCUT2D eigenvalue weighted by molar-refractivity contribution is 0.644. The summed E-state index contributed by atoms with van der Waals surface area (Å²) >= 11 is 6.44. The van der Waals surface area contributed by atoms with Crippen molar-refractivity contribution >= 4 is 17.3 Å². The van der Waals surface area contributed by atoms with Crippen LogP contribution in [-0.2, 0) is 6.54 Å². The predicted octanol–water partition coefficient (Wildman–Crippen LogP) is 3.68. The monoisotopic (exact) mass is 266 g/mol. The molecule has 0 amide bonds. The zero-order valence-electron chi connectivity index (χ0n) is 11.5. The van der Waals surface area contributed by atoms with Crippen molar-refractivity contribution in [3.05, 3.63) is 28.8 Å². The highest BCUT2D eigenvalue weighted by Gasteiger charge is 2.26. The predicted molar refractivity (Wildman–Crippen MR) is 79.4 cm³/mol. The molecular weight excluding hydrogens is 244 g/mol. The third kappa shape index (κ3) is 3.39. The molecule has 1 aromatic carbocycles. The van der Waals surface area contributed by atoms with E-state index >= 15 is 0 Å². The van der Waals surface area contributed by atoms with Gasteiger partial charge in [-0.05, 0) is 57.4 Å². The number of halogens is 1. The van der Waals surface area contributed by atoms with Crippen LogP contribution in [0.3, 0.4) is 0 Å². The summed E-state index contributed by atoms with van der Waals surface area (Å²) in [6.07, 6.45) is 2.75. The van der Waals surface area contributed by atoms with Gasteiger partial charge in [-0.2, -0.15) is 0 Å². The Kier molecular flexibility index (Phi) is 4.52. The highest BCUT2D eigenvalue weighted by molar-refractivity contribution is 6.33. The Morgan fingerprint density at radius 1 is 1.39 bits per heavy atom. The van der Waals surface area contributed by atoms with E-state index in [9.17, 15) is 0 Å². The summed E-state index contributed by atoms with van der Waals surface area (Å²) in [5.74, 6) is 0.875. The largest absolute Gasteiger partial charge is 0.368 e. The highest BCUT2D eigenvalue weighted by Crippen LogP contribution is 2.35. The van der Waals surface area contributed by atoms with Gasteiger partial charge in [-0.3, -0.25) is 0 Å². The van der Waals surface area contributed by atoms with Gasteiger partial charge in [0.05, 0.1) is 10.7 Å². The van der Waals surface area contributed by atoms with E-state index in [0.29, 0.717) is 6.04 Å². The van der Waals surface area contributed by atoms with Gasteiger partial charge >= 0.3 is 0 Å². The van der Waals surface area contributed by atoms with Crippen molar-refractivity contribution in [2.45, 2.75) is 39.3 Å². The van der Waals surface area contributed by atoms with Crippen molar-refractivity contribution in [2.24, 2.45) is 5.92 Å². The minimum Gasteiger partial charge on any atom is -0.368 e. The summed E-state index contributed by atoms with van der Waals surface area (Å²) in [6, 6.07) is 6.91. The molecule has 0 atom stereocenters.